The average Bonchev–Trinajstić information content (AvgIpc) is 2.77. The summed E-state index contributed by atoms with van der Waals surface area (Å²) < 4.78 is 16.0. The molecule has 0 heterocycles. The van der Waals surface area contributed by atoms with Crippen LogP contribution < -0.4 is 24.8 Å². The Balaban J connectivity index is 1.49. The van der Waals surface area contributed by atoms with Crippen molar-refractivity contribution in [3.8, 4) is 17.2 Å². The highest BCUT2D eigenvalue weighted by Crippen LogP contribution is 2.28. The van der Waals surface area contributed by atoms with E-state index >= 15 is 0 Å². The molecule has 0 saturated heterocycles. The molecule has 0 atom stereocenters. The number of benzene rings is 3. The Morgan fingerprint density at radius 1 is 0.828 bits per heavy atom. The van der Waals surface area contributed by atoms with Gasteiger partial charge < -0.3 is 24.8 Å². The van der Waals surface area contributed by atoms with Gasteiger partial charge >= 0.3 is 0 Å². The monoisotopic (exact) mass is 392 g/mol. The van der Waals surface area contributed by atoms with Gasteiger partial charge in [-0.25, -0.2) is 0 Å². The summed E-state index contributed by atoms with van der Waals surface area (Å²) in [5, 5.41) is 6.16. The Hall–Kier alpha value is -3.67. The molecule has 0 unspecified atom stereocenters. The summed E-state index contributed by atoms with van der Waals surface area (Å²) in [5.41, 5.74) is 2.72. The van der Waals surface area contributed by atoms with Crippen LogP contribution in [0.1, 0.15) is 5.56 Å². The number of nitrogens with one attached hydrogen (secondary N) is 2. The summed E-state index contributed by atoms with van der Waals surface area (Å²) >= 11 is 0. The highest BCUT2D eigenvalue weighted by atomic mass is 16.5. The van der Waals surface area contributed by atoms with E-state index in [4.69, 9.17) is 14.2 Å². The highest BCUT2D eigenvalue weighted by molar-refractivity contribution is 5.92. The maximum atomic E-state index is 12.0. The minimum absolute atomic E-state index is 0.0384. The summed E-state index contributed by atoms with van der Waals surface area (Å²) in [6.07, 6.45) is 0. The molecule has 0 aliphatic heterocycles. The van der Waals surface area contributed by atoms with Gasteiger partial charge in [-0.05, 0) is 54.1 Å². The molecule has 0 fully saturated rings. The van der Waals surface area contributed by atoms with Crippen molar-refractivity contribution in [2.24, 2.45) is 0 Å². The second-order valence-corrected chi connectivity index (χ2v) is 6.27. The number of anilines is 2. The van der Waals surface area contributed by atoms with Crippen LogP contribution in [-0.4, -0.2) is 26.7 Å². The van der Waals surface area contributed by atoms with Gasteiger partial charge in [0.1, 0.15) is 5.75 Å². The Bertz CT molecular complexity index is 927. The first-order valence-corrected chi connectivity index (χ1v) is 9.20. The molecule has 6 heteroatoms. The van der Waals surface area contributed by atoms with Crippen molar-refractivity contribution < 1.29 is 19.0 Å². The number of methoxy groups -OCH3 is 2. The van der Waals surface area contributed by atoms with E-state index in [1.807, 2.05) is 72.8 Å². The van der Waals surface area contributed by atoms with E-state index in [9.17, 15) is 4.79 Å². The van der Waals surface area contributed by atoms with Gasteiger partial charge in [0.2, 0.25) is 0 Å². The lowest BCUT2D eigenvalue weighted by atomic mass is 10.2. The molecule has 0 spiro atoms. The van der Waals surface area contributed by atoms with E-state index in [2.05, 4.69) is 10.6 Å². The first-order chi connectivity index (χ1) is 14.2. The van der Waals surface area contributed by atoms with Crippen LogP contribution in [0.15, 0.2) is 72.8 Å². The minimum Gasteiger partial charge on any atom is -0.493 e. The van der Waals surface area contributed by atoms with Gasteiger partial charge in [0.15, 0.2) is 18.1 Å². The van der Waals surface area contributed by atoms with Gasteiger partial charge in [0.05, 0.1) is 14.2 Å². The van der Waals surface area contributed by atoms with E-state index < -0.39 is 0 Å². The maximum Gasteiger partial charge on any atom is 0.262 e. The SMILES string of the molecule is COc1ccc(CNc2ccc(NC(=O)COc3ccccc3)cc2)cc1OC. The Labute approximate surface area is 170 Å². The third kappa shape index (κ3) is 5.90. The van der Waals surface area contributed by atoms with E-state index in [-0.39, 0.29) is 12.5 Å². The molecule has 0 saturated carbocycles. The van der Waals surface area contributed by atoms with Crippen molar-refractivity contribution in [1.29, 1.82) is 0 Å². The molecular weight excluding hydrogens is 368 g/mol. The Morgan fingerprint density at radius 2 is 1.52 bits per heavy atom. The van der Waals surface area contributed by atoms with Gasteiger partial charge in [-0.1, -0.05) is 24.3 Å². The zero-order valence-electron chi connectivity index (χ0n) is 16.5. The van der Waals surface area contributed by atoms with Crippen molar-refractivity contribution in [3.63, 3.8) is 0 Å². The molecule has 0 bridgehead atoms. The number of ether oxygens (including phenoxy) is 3. The Kier molecular flexibility index (Phi) is 6.95. The number of para-hydroxylation sites is 1. The van der Waals surface area contributed by atoms with Crippen molar-refractivity contribution in [3.05, 3.63) is 78.4 Å². The molecule has 0 aliphatic carbocycles. The van der Waals surface area contributed by atoms with E-state index in [0.29, 0.717) is 29.5 Å². The van der Waals surface area contributed by atoms with Crippen LogP contribution in [-0.2, 0) is 11.3 Å². The van der Waals surface area contributed by atoms with Crippen LogP contribution in [0.3, 0.4) is 0 Å². The second-order valence-electron chi connectivity index (χ2n) is 6.27. The lowest BCUT2D eigenvalue weighted by molar-refractivity contribution is -0.118. The third-order valence-electron chi connectivity index (χ3n) is 4.23. The fourth-order valence-electron chi connectivity index (χ4n) is 2.73. The number of carbonyl (C=O) groups is 1. The van der Waals surface area contributed by atoms with Crippen LogP contribution in [0.2, 0.25) is 0 Å². The molecule has 0 aromatic heterocycles. The van der Waals surface area contributed by atoms with Gasteiger partial charge in [0.25, 0.3) is 5.91 Å². The lowest BCUT2D eigenvalue weighted by Gasteiger charge is -2.12. The molecular formula is C23H24N2O4. The lowest BCUT2D eigenvalue weighted by Crippen LogP contribution is -2.20. The quantitative estimate of drug-likeness (QED) is 0.567. The fraction of sp³-hybridized carbons (Fsp3) is 0.174. The minimum atomic E-state index is -0.208. The van der Waals surface area contributed by atoms with Crippen molar-refractivity contribution in [2.45, 2.75) is 6.54 Å². The van der Waals surface area contributed by atoms with E-state index in [1.165, 1.54) is 0 Å². The van der Waals surface area contributed by atoms with Crippen LogP contribution >= 0.6 is 0 Å². The summed E-state index contributed by atoms with van der Waals surface area (Å²) in [7, 11) is 3.23. The molecule has 6 nitrogen and oxygen atoms in total. The molecule has 0 radical (unpaired) electrons. The molecule has 29 heavy (non-hydrogen) atoms. The molecule has 0 aliphatic rings. The molecule has 150 valence electrons. The number of hydrogen-bond acceptors (Lipinski definition) is 5. The third-order valence-corrected chi connectivity index (χ3v) is 4.23. The fourth-order valence-corrected chi connectivity index (χ4v) is 2.73. The smallest absolute Gasteiger partial charge is 0.262 e. The molecule has 3 aromatic carbocycles. The summed E-state index contributed by atoms with van der Waals surface area (Å²) in [6, 6.07) is 22.6. The zero-order valence-corrected chi connectivity index (χ0v) is 16.5. The number of rotatable bonds is 9. The summed E-state index contributed by atoms with van der Waals surface area (Å²) in [5.74, 6) is 1.85. The predicted octanol–water partition coefficient (Wildman–Crippen LogP) is 4.33. The normalized spacial score (nSPS) is 10.1. The topological polar surface area (TPSA) is 68.8 Å². The van der Waals surface area contributed by atoms with Crippen LogP contribution in [0.4, 0.5) is 11.4 Å². The van der Waals surface area contributed by atoms with Crippen LogP contribution in [0, 0.1) is 0 Å². The zero-order chi connectivity index (χ0) is 20.5. The van der Waals surface area contributed by atoms with E-state index in [0.717, 1.165) is 11.3 Å². The predicted molar refractivity (Wildman–Crippen MR) is 114 cm³/mol. The average molecular weight is 392 g/mol. The Morgan fingerprint density at radius 3 is 2.21 bits per heavy atom. The van der Waals surface area contributed by atoms with Crippen molar-refractivity contribution in [2.75, 3.05) is 31.5 Å². The first kappa shape index (κ1) is 20.1. The molecule has 3 rings (SSSR count). The van der Waals surface area contributed by atoms with Crippen LogP contribution in [0.5, 0.6) is 17.2 Å². The largest absolute Gasteiger partial charge is 0.493 e. The van der Waals surface area contributed by atoms with Gasteiger partial charge in [-0.3, -0.25) is 4.79 Å². The standard InChI is InChI=1S/C23H24N2O4/c1-27-21-13-8-17(14-22(21)28-2)15-24-18-9-11-19(12-10-18)25-23(26)16-29-20-6-4-3-5-7-20/h3-14,24H,15-16H2,1-2H3,(H,25,26). The summed E-state index contributed by atoms with van der Waals surface area (Å²) in [6.45, 7) is 0.598. The van der Waals surface area contributed by atoms with Gasteiger partial charge in [-0.15, -0.1) is 0 Å². The maximum absolute atomic E-state index is 12.0. The number of carbonyl (C=O) groups excluding carboxylic acids is 1. The molecule has 3 aromatic rings. The van der Waals surface area contributed by atoms with E-state index in [1.54, 1.807) is 14.2 Å². The van der Waals surface area contributed by atoms with Crippen molar-refractivity contribution >= 4 is 17.3 Å². The second kappa shape index (κ2) is 10.0. The van der Waals surface area contributed by atoms with Crippen molar-refractivity contribution in [1.82, 2.24) is 0 Å². The number of amides is 1. The van der Waals surface area contributed by atoms with Gasteiger partial charge in [-0.2, -0.15) is 0 Å². The molecule has 1 amide bonds. The number of hydrogen-bond donors (Lipinski definition) is 2. The van der Waals surface area contributed by atoms with Crippen LogP contribution in [0.25, 0.3) is 0 Å². The molecule has 2 N–H and O–H groups in total. The summed E-state index contributed by atoms with van der Waals surface area (Å²) in [4.78, 5) is 12.0. The highest BCUT2D eigenvalue weighted by Gasteiger charge is 2.06. The first-order valence-electron chi connectivity index (χ1n) is 9.20. The van der Waals surface area contributed by atoms with Gasteiger partial charge in [0, 0.05) is 17.9 Å².